The van der Waals surface area contributed by atoms with Crippen molar-refractivity contribution >= 4 is 17.6 Å². The number of nitrogens with zero attached hydrogens (tertiary/aromatic N) is 5. The maximum atomic E-state index is 13.4. The van der Waals surface area contributed by atoms with Gasteiger partial charge in [0.1, 0.15) is 23.2 Å². The lowest BCUT2D eigenvalue weighted by atomic mass is 10.2. The third-order valence-electron chi connectivity index (χ3n) is 6.27. The molecule has 1 aromatic carbocycles. The van der Waals surface area contributed by atoms with E-state index in [0.717, 1.165) is 73.2 Å². The molecule has 0 saturated heterocycles. The van der Waals surface area contributed by atoms with Gasteiger partial charge in [0.05, 0.1) is 17.2 Å². The first kappa shape index (κ1) is 32.9. The highest BCUT2D eigenvalue weighted by Gasteiger charge is 2.11. The van der Waals surface area contributed by atoms with Crippen molar-refractivity contribution < 1.29 is 13.7 Å². The van der Waals surface area contributed by atoms with E-state index in [1.165, 1.54) is 12.1 Å². The number of pyridine rings is 1. The van der Waals surface area contributed by atoms with Gasteiger partial charge in [-0.15, -0.1) is 0 Å². The van der Waals surface area contributed by atoms with Crippen LogP contribution in [0, 0.1) is 15.9 Å². The SMILES string of the molecule is CN(C)Cc1ccc(CSCCN/C(=C\[N+](=O)[O-])NCCCN(C)CCN(Cc2ccc(F)cc2)c2ccccn2)o1. The first-order valence-electron chi connectivity index (χ1n) is 14.0. The Morgan fingerprint density at radius 1 is 1.00 bits per heavy atom. The molecule has 42 heavy (non-hydrogen) atoms. The molecule has 0 aliphatic heterocycles. The van der Waals surface area contributed by atoms with Crippen LogP contribution < -0.4 is 15.5 Å². The maximum absolute atomic E-state index is 13.4. The summed E-state index contributed by atoms with van der Waals surface area (Å²) in [7, 11) is 6.06. The fourth-order valence-corrected chi connectivity index (χ4v) is 4.93. The molecule has 12 heteroatoms. The molecule has 0 saturated carbocycles. The lowest BCUT2D eigenvalue weighted by molar-refractivity contribution is -0.404. The summed E-state index contributed by atoms with van der Waals surface area (Å²) in [5.74, 6) is 4.44. The van der Waals surface area contributed by atoms with Crippen molar-refractivity contribution in [1.82, 2.24) is 25.4 Å². The number of rotatable bonds is 20. The van der Waals surface area contributed by atoms with Crippen molar-refractivity contribution in [3.63, 3.8) is 0 Å². The molecule has 2 N–H and O–H groups in total. The van der Waals surface area contributed by atoms with Crippen LogP contribution in [-0.4, -0.2) is 79.3 Å². The van der Waals surface area contributed by atoms with Crippen molar-refractivity contribution in [3.05, 3.63) is 106 Å². The number of nitrogens with one attached hydrogen (secondary N) is 2. The van der Waals surface area contributed by atoms with Crippen molar-refractivity contribution in [1.29, 1.82) is 0 Å². The molecule has 3 aromatic rings. The number of halogens is 1. The van der Waals surface area contributed by atoms with Gasteiger partial charge in [-0.05, 0) is 76.1 Å². The molecule has 0 radical (unpaired) electrons. The average Bonchev–Trinajstić information content (AvgIpc) is 3.40. The number of hydrogen-bond donors (Lipinski definition) is 2. The molecular formula is C30H42FN7O3S. The van der Waals surface area contributed by atoms with Gasteiger partial charge in [-0.3, -0.25) is 10.1 Å². The van der Waals surface area contributed by atoms with Gasteiger partial charge >= 0.3 is 0 Å². The molecule has 0 aliphatic carbocycles. The van der Waals surface area contributed by atoms with Crippen LogP contribution in [0.25, 0.3) is 0 Å². The van der Waals surface area contributed by atoms with Crippen LogP contribution in [0.4, 0.5) is 10.2 Å². The van der Waals surface area contributed by atoms with E-state index < -0.39 is 4.92 Å². The normalized spacial score (nSPS) is 11.7. The van der Waals surface area contributed by atoms with Gasteiger partial charge in [0.2, 0.25) is 0 Å². The minimum Gasteiger partial charge on any atom is -0.464 e. The lowest BCUT2D eigenvalue weighted by Crippen LogP contribution is -2.35. The first-order chi connectivity index (χ1) is 20.3. The number of nitro groups is 1. The smallest absolute Gasteiger partial charge is 0.274 e. The third-order valence-corrected chi connectivity index (χ3v) is 7.26. The van der Waals surface area contributed by atoms with E-state index in [4.69, 9.17) is 4.42 Å². The van der Waals surface area contributed by atoms with Crippen molar-refractivity contribution in [3.8, 4) is 0 Å². The molecular weight excluding hydrogens is 557 g/mol. The molecule has 0 aliphatic rings. The number of anilines is 1. The van der Waals surface area contributed by atoms with E-state index in [1.807, 2.05) is 44.4 Å². The highest BCUT2D eigenvalue weighted by molar-refractivity contribution is 7.98. The van der Waals surface area contributed by atoms with Crippen LogP contribution in [0.1, 0.15) is 23.5 Å². The number of likely N-dealkylation sites (N-methyl/N-ethyl adjacent to an activating group) is 1. The van der Waals surface area contributed by atoms with Crippen LogP contribution in [-0.2, 0) is 18.8 Å². The second kappa shape index (κ2) is 18.0. The minimum atomic E-state index is -0.447. The molecule has 0 fully saturated rings. The van der Waals surface area contributed by atoms with Crippen LogP contribution in [0.15, 0.2) is 77.2 Å². The second-order valence-electron chi connectivity index (χ2n) is 10.2. The zero-order valence-electron chi connectivity index (χ0n) is 24.7. The third kappa shape index (κ3) is 12.9. The predicted molar refractivity (Wildman–Crippen MR) is 167 cm³/mol. The molecule has 2 heterocycles. The van der Waals surface area contributed by atoms with E-state index >= 15 is 0 Å². The molecule has 0 amide bonds. The summed E-state index contributed by atoms with van der Waals surface area (Å²) in [6.45, 7) is 4.97. The Morgan fingerprint density at radius 2 is 1.76 bits per heavy atom. The first-order valence-corrected chi connectivity index (χ1v) is 15.2. The van der Waals surface area contributed by atoms with E-state index in [2.05, 4.69) is 37.4 Å². The Morgan fingerprint density at radius 3 is 2.48 bits per heavy atom. The van der Waals surface area contributed by atoms with Gasteiger partial charge < -0.3 is 29.8 Å². The topological polar surface area (TPSA) is 103 Å². The van der Waals surface area contributed by atoms with Gasteiger partial charge in [-0.2, -0.15) is 11.8 Å². The number of benzene rings is 1. The van der Waals surface area contributed by atoms with Crippen LogP contribution in [0.2, 0.25) is 0 Å². The summed E-state index contributed by atoms with van der Waals surface area (Å²) < 4.78 is 19.2. The summed E-state index contributed by atoms with van der Waals surface area (Å²) in [5.41, 5.74) is 1.01. The number of thioether (sulfide) groups is 1. The van der Waals surface area contributed by atoms with E-state index in [-0.39, 0.29) is 5.82 Å². The molecule has 0 unspecified atom stereocenters. The van der Waals surface area contributed by atoms with Crippen molar-refractivity contribution in [2.75, 3.05) is 64.5 Å². The van der Waals surface area contributed by atoms with Gasteiger partial charge in [-0.25, -0.2) is 9.37 Å². The molecule has 0 bridgehead atoms. The van der Waals surface area contributed by atoms with Crippen LogP contribution >= 0.6 is 11.8 Å². The molecule has 2 aromatic heterocycles. The highest BCUT2D eigenvalue weighted by atomic mass is 32.2. The number of furan rings is 1. The summed E-state index contributed by atoms with van der Waals surface area (Å²) in [4.78, 5) is 21.6. The molecule has 0 spiro atoms. The van der Waals surface area contributed by atoms with Crippen LogP contribution in [0.3, 0.4) is 0 Å². The van der Waals surface area contributed by atoms with Gasteiger partial charge in [-0.1, -0.05) is 18.2 Å². The van der Waals surface area contributed by atoms with Gasteiger partial charge in [0.25, 0.3) is 6.20 Å². The largest absolute Gasteiger partial charge is 0.464 e. The van der Waals surface area contributed by atoms with Gasteiger partial charge in [0.15, 0.2) is 5.82 Å². The summed E-state index contributed by atoms with van der Waals surface area (Å²) in [5, 5.41) is 17.4. The Balaban J connectivity index is 1.36. The van der Waals surface area contributed by atoms with Gasteiger partial charge in [0, 0.05) is 44.7 Å². The Bertz CT molecular complexity index is 1230. The van der Waals surface area contributed by atoms with Crippen molar-refractivity contribution in [2.24, 2.45) is 0 Å². The monoisotopic (exact) mass is 599 g/mol. The number of hydrogen-bond acceptors (Lipinski definition) is 10. The van der Waals surface area contributed by atoms with Crippen LogP contribution in [0.5, 0.6) is 0 Å². The van der Waals surface area contributed by atoms with E-state index in [0.29, 0.717) is 25.5 Å². The zero-order valence-corrected chi connectivity index (χ0v) is 25.5. The summed E-state index contributed by atoms with van der Waals surface area (Å²) in [6, 6.07) is 16.4. The Kier molecular flexibility index (Phi) is 14.1. The molecule has 228 valence electrons. The number of aromatic nitrogens is 1. The fraction of sp³-hybridized carbons (Fsp3) is 0.433. The van der Waals surface area contributed by atoms with E-state index in [9.17, 15) is 14.5 Å². The zero-order chi connectivity index (χ0) is 30.2. The summed E-state index contributed by atoms with van der Waals surface area (Å²) >= 11 is 1.71. The van der Waals surface area contributed by atoms with Crippen molar-refractivity contribution in [2.45, 2.75) is 25.3 Å². The lowest BCUT2D eigenvalue weighted by Gasteiger charge is -2.27. The Hall–Kier alpha value is -3.61. The quantitative estimate of drug-likeness (QED) is 0.110. The fourth-order valence-electron chi connectivity index (χ4n) is 4.19. The highest BCUT2D eigenvalue weighted by Crippen LogP contribution is 2.16. The molecule has 3 rings (SSSR count). The minimum absolute atomic E-state index is 0.249. The summed E-state index contributed by atoms with van der Waals surface area (Å²) in [6.07, 6.45) is 3.57. The average molecular weight is 600 g/mol. The maximum Gasteiger partial charge on any atom is 0.274 e. The molecule has 10 nitrogen and oxygen atoms in total. The van der Waals surface area contributed by atoms with E-state index in [1.54, 1.807) is 30.1 Å². The molecule has 0 atom stereocenters. The standard InChI is InChI=1S/C30H42FN7O3S/c1-35(2)22-27-12-13-28(41-27)24-42-20-16-33-29(23-38(39)40)32-15-6-17-36(3)18-19-37(30-7-4-5-14-34-30)21-25-8-10-26(31)11-9-25/h4-5,7-14,23,32-33H,6,15-22,24H2,1-3H3/b29-23-. The second-order valence-corrected chi connectivity index (χ2v) is 11.3. The predicted octanol–water partition coefficient (Wildman–Crippen LogP) is 4.39. The Labute approximate surface area is 252 Å².